The molecule has 2 amide bonds. The van der Waals surface area contributed by atoms with E-state index in [0.29, 0.717) is 10.7 Å². The standard InChI is InChI=1S/C16H16BrClN2O2/c1-10(15(21)11-5-7-12(17)8-6-11)19-16(22)20-14-4-2-3-13(18)9-14/h2-10,15,21H,1H3,(H2,19,20,22). The Morgan fingerprint density at radius 2 is 1.91 bits per heavy atom. The summed E-state index contributed by atoms with van der Waals surface area (Å²) in [5, 5.41) is 16.2. The Kier molecular flexibility index (Phi) is 5.83. The Morgan fingerprint density at radius 1 is 1.23 bits per heavy atom. The van der Waals surface area contributed by atoms with Crippen molar-refractivity contribution in [3.63, 3.8) is 0 Å². The molecule has 0 aliphatic heterocycles. The number of aliphatic hydroxyl groups excluding tert-OH is 1. The van der Waals surface area contributed by atoms with E-state index in [2.05, 4.69) is 26.6 Å². The average molecular weight is 384 g/mol. The van der Waals surface area contributed by atoms with Gasteiger partial charge in [-0.1, -0.05) is 45.7 Å². The van der Waals surface area contributed by atoms with Crippen molar-refractivity contribution < 1.29 is 9.90 Å². The maximum Gasteiger partial charge on any atom is 0.319 e. The lowest BCUT2D eigenvalue weighted by atomic mass is 10.0. The second-order valence-corrected chi connectivity index (χ2v) is 6.25. The first-order valence-corrected chi connectivity index (χ1v) is 7.89. The number of hydrogen-bond acceptors (Lipinski definition) is 2. The fourth-order valence-corrected chi connectivity index (χ4v) is 2.42. The normalized spacial score (nSPS) is 13.3. The van der Waals surface area contributed by atoms with Crippen LogP contribution in [0.25, 0.3) is 0 Å². The third-order valence-electron chi connectivity index (χ3n) is 3.13. The van der Waals surface area contributed by atoms with Crippen molar-refractivity contribution in [2.24, 2.45) is 0 Å². The molecule has 0 aliphatic rings. The van der Waals surface area contributed by atoms with Gasteiger partial charge in [0, 0.05) is 15.2 Å². The number of amides is 2. The van der Waals surface area contributed by atoms with Gasteiger partial charge in [0.05, 0.1) is 12.1 Å². The van der Waals surface area contributed by atoms with Gasteiger partial charge in [-0.3, -0.25) is 0 Å². The van der Waals surface area contributed by atoms with Crippen molar-refractivity contribution in [3.05, 3.63) is 63.6 Å². The summed E-state index contributed by atoms with van der Waals surface area (Å²) in [5.74, 6) is 0. The Morgan fingerprint density at radius 3 is 2.55 bits per heavy atom. The summed E-state index contributed by atoms with van der Waals surface area (Å²) >= 11 is 9.20. The number of carbonyl (C=O) groups is 1. The third kappa shape index (κ3) is 4.73. The van der Waals surface area contributed by atoms with Gasteiger partial charge in [0.1, 0.15) is 0 Å². The molecule has 4 nitrogen and oxygen atoms in total. The molecule has 116 valence electrons. The molecule has 6 heteroatoms. The largest absolute Gasteiger partial charge is 0.386 e. The van der Waals surface area contributed by atoms with Crippen molar-refractivity contribution in [3.8, 4) is 0 Å². The summed E-state index contributed by atoms with van der Waals surface area (Å²) < 4.78 is 0.933. The van der Waals surface area contributed by atoms with Gasteiger partial charge in [-0.25, -0.2) is 4.79 Å². The summed E-state index contributed by atoms with van der Waals surface area (Å²) in [5.41, 5.74) is 1.33. The van der Waals surface area contributed by atoms with Gasteiger partial charge in [-0.2, -0.15) is 0 Å². The van der Waals surface area contributed by atoms with Crippen LogP contribution in [0.3, 0.4) is 0 Å². The molecule has 0 aromatic heterocycles. The van der Waals surface area contributed by atoms with E-state index in [1.165, 1.54) is 0 Å². The molecule has 2 unspecified atom stereocenters. The second-order valence-electron chi connectivity index (χ2n) is 4.89. The molecule has 0 saturated carbocycles. The number of hydrogen-bond donors (Lipinski definition) is 3. The SMILES string of the molecule is CC(NC(=O)Nc1cccc(Cl)c1)C(O)c1ccc(Br)cc1. The van der Waals surface area contributed by atoms with E-state index in [0.717, 1.165) is 10.0 Å². The van der Waals surface area contributed by atoms with Crippen LogP contribution in [0.1, 0.15) is 18.6 Å². The van der Waals surface area contributed by atoms with Crippen LogP contribution in [-0.4, -0.2) is 17.2 Å². The fraction of sp³-hybridized carbons (Fsp3) is 0.188. The molecule has 0 saturated heterocycles. The fourth-order valence-electron chi connectivity index (χ4n) is 1.97. The summed E-state index contributed by atoms with van der Waals surface area (Å²) in [6.45, 7) is 1.74. The molecule has 22 heavy (non-hydrogen) atoms. The molecule has 0 radical (unpaired) electrons. The van der Waals surface area contributed by atoms with Crippen LogP contribution in [0.4, 0.5) is 10.5 Å². The lowest BCUT2D eigenvalue weighted by molar-refractivity contribution is 0.139. The summed E-state index contributed by atoms with van der Waals surface area (Å²) in [6.07, 6.45) is -0.793. The quantitative estimate of drug-likeness (QED) is 0.735. The van der Waals surface area contributed by atoms with E-state index in [9.17, 15) is 9.90 Å². The first-order valence-electron chi connectivity index (χ1n) is 6.72. The molecule has 2 rings (SSSR count). The van der Waals surface area contributed by atoms with Crippen LogP contribution in [0.2, 0.25) is 5.02 Å². The number of urea groups is 1. The molecule has 0 bridgehead atoms. The van der Waals surface area contributed by atoms with Gasteiger partial charge < -0.3 is 15.7 Å². The highest BCUT2D eigenvalue weighted by Crippen LogP contribution is 2.20. The molecule has 2 atom stereocenters. The minimum atomic E-state index is -0.793. The zero-order valence-corrected chi connectivity index (χ0v) is 14.2. The van der Waals surface area contributed by atoms with Crippen LogP contribution in [-0.2, 0) is 0 Å². The van der Waals surface area contributed by atoms with Crippen LogP contribution in [0, 0.1) is 0 Å². The van der Waals surface area contributed by atoms with Crippen molar-refractivity contribution in [1.82, 2.24) is 5.32 Å². The molecule has 2 aromatic rings. The number of nitrogens with one attached hydrogen (secondary N) is 2. The first-order chi connectivity index (χ1) is 10.5. The van der Waals surface area contributed by atoms with Gasteiger partial charge in [0.15, 0.2) is 0 Å². The van der Waals surface area contributed by atoms with Gasteiger partial charge in [-0.05, 0) is 42.8 Å². The van der Waals surface area contributed by atoms with E-state index in [1.807, 2.05) is 24.3 Å². The Bertz CT molecular complexity index is 649. The highest BCUT2D eigenvalue weighted by Gasteiger charge is 2.18. The van der Waals surface area contributed by atoms with Gasteiger partial charge in [0.2, 0.25) is 0 Å². The lowest BCUT2D eigenvalue weighted by Gasteiger charge is -2.21. The van der Waals surface area contributed by atoms with E-state index in [1.54, 1.807) is 31.2 Å². The van der Waals surface area contributed by atoms with E-state index in [4.69, 9.17) is 11.6 Å². The number of aliphatic hydroxyl groups is 1. The zero-order chi connectivity index (χ0) is 16.1. The van der Waals surface area contributed by atoms with E-state index in [-0.39, 0.29) is 0 Å². The molecule has 0 fully saturated rings. The molecule has 0 spiro atoms. The molecule has 0 aliphatic carbocycles. The summed E-state index contributed by atoms with van der Waals surface area (Å²) in [6, 6.07) is 13.3. The predicted octanol–water partition coefficient (Wildman–Crippen LogP) is 4.35. The summed E-state index contributed by atoms with van der Waals surface area (Å²) in [4.78, 5) is 11.9. The van der Waals surface area contributed by atoms with Crippen LogP contribution >= 0.6 is 27.5 Å². The first kappa shape index (κ1) is 16.8. The zero-order valence-electron chi connectivity index (χ0n) is 11.9. The molecule has 2 aromatic carbocycles. The Balaban J connectivity index is 1.94. The number of carbonyl (C=O) groups excluding carboxylic acids is 1. The molecular formula is C16H16BrClN2O2. The number of rotatable bonds is 4. The minimum absolute atomic E-state index is 0.397. The maximum absolute atomic E-state index is 11.9. The lowest BCUT2D eigenvalue weighted by Crippen LogP contribution is -2.39. The summed E-state index contributed by atoms with van der Waals surface area (Å²) in [7, 11) is 0. The van der Waals surface area contributed by atoms with Crippen LogP contribution in [0.15, 0.2) is 53.0 Å². The smallest absolute Gasteiger partial charge is 0.319 e. The van der Waals surface area contributed by atoms with Gasteiger partial charge >= 0.3 is 6.03 Å². The average Bonchev–Trinajstić information content (AvgIpc) is 2.47. The number of halogens is 2. The third-order valence-corrected chi connectivity index (χ3v) is 3.89. The maximum atomic E-state index is 11.9. The van der Waals surface area contributed by atoms with Crippen molar-refractivity contribution in [2.45, 2.75) is 19.1 Å². The predicted molar refractivity (Wildman–Crippen MR) is 92.2 cm³/mol. The van der Waals surface area contributed by atoms with Gasteiger partial charge in [0.25, 0.3) is 0 Å². The Hall–Kier alpha value is -1.56. The number of benzene rings is 2. The van der Waals surface area contributed by atoms with Crippen molar-refractivity contribution >= 4 is 39.2 Å². The molecule has 3 N–H and O–H groups in total. The Labute approximate surface area is 142 Å². The topological polar surface area (TPSA) is 61.4 Å². The highest BCUT2D eigenvalue weighted by atomic mass is 79.9. The highest BCUT2D eigenvalue weighted by molar-refractivity contribution is 9.10. The number of anilines is 1. The van der Waals surface area contributed by atoms with Crippen molar-refractivity contribution in [2.75, 3.05) is 5.32 Å². The monoisotopic (exact) mass is 382 g/mol. The van der Waals surface area contributed by atoms with Crippen molar-refractivity contribution in [1.29, 1.82) is 0 Å². The van der Waals surface area contributed by atoms with E-state index < -0.39 is 18.2 Å². The van der Waals surface area contributed by atoms with Gasteiger partial charge in [-0.15, -0.1) is 0 Å². The molecular weight excluding hydrogens is 368 g/mol. The van der Waals surface area contributed by atoms with Crippen LogP contribution in [0.5, 0.6) is 0 Å². The molecule has 0 heterocycles. The van der Waals surface area contributed by atoms with E-state index >= 15 is 0 Å². The van der Waals surface area contributed by atoms with Crippen LogP contribution < -0.4 is 10.6 Å². The minimum Gasteiger partial charge on any atom is -0.386 e. The second kappa shape index (κ2) is 7.63.